The molecule has 0 amide bonds. The van der Waals surface area contributed by atoms with Crippen molar-refractivity contribution in [3.05, 3.63) is 188 Å². The van der Waals surface area contributed by atoms with Gasteiger partial charge in [-0.05, 0) is 96.0 Å². The molecule has 0 atom stereocenters. The first-order chi connectivity index (χ1) is 25.2. The van der Waals surface area contributed by atoms with Crippen molar-refractivity contribution in [2.45, 2.75) is 9.79 Å². The Morgan fingerprint density at radius 3 is 1.54 bits per heavy atom. The smallest absolute Gasteiger partial charge is 0.0911 e. The molecule has 10 rings (SSSR count). The normalized spacial score (nSPS) is 12.6. The van der Waals surface area contributed by atoms with Gasteiger partial charge in [-0.15, -0.1) is 0 Å². The van der Waals surface area contributed by atoms with Crippen LogP contribution in [0.5, 0.6) is 0 Å². The molecule has 0 saturated carbocycles. The molecule has 0 fully saturated rings. The summed E-state index contributed by atoms with van der Waals surface area (Å²) < 4.78 is 8.85. The summed E-state index contributed by atoms with van der Waals surface area (Å²) in [5.74, 6) is 0. The topological polar surface area (TPSA) is 0 Å². The summed E-state index contributed by atoms with van der Waals surface area (Å²) in [6.45, 7) is 0.212. The molecule has 50 heavy (non-hydrogen) atoms. The molecule has 0 spiro atoms. The van der Waals surface area contributed by atoms with E-state index in [2.05, 4.69) is 170 Å². The van der Waals surface area contributed by atoms with Gasteiger partial charge in [-0.3, -0.25) is 0 Å². The van der Waals surface area contributed by atoms with Crippen molar-refractivity contribution >= 4 is 67.2 Å². The molecule has 0 unspecified atom stereocenters. The first-order valence-electron chi connectivity index (χ1n) is 17.7. The third kappa shape index (κ3) is 4.87. The van der Waals surface area contributed by atoms with Gasteiger partial charge in [0.2, 0.25) is 6.71 Å². The summed E-state index contributed by atoms with van der Waals surface area (Å²) >= 11 is 1.87. The van der Waals surface area contributed by atoms with Crippen LogP contribution in [0.15, 0.2) is 198 Å². The van der Waals surface area contributed by atoms with E-state index in [-0.39, 0.29) is 6.71 Å². The fourth-order valence-electron chi connectivity index (χ4n) is 7.91. The lowest BCUT2D eigenvalue weighted by molar-refractivity contribution is 1.43. The maximum Gasteiger partial charge on any atom is 0.244 e. The molecule has 0 nitrogen and oxygen atoms in total. The Hall–Kier alpha value is -5.83. The van der Waals surface area contributed by atoms with Crippen LogP contribution in [-0.2, 0) is 0 Å². The molecule has 1 heterocycles. The minimum Gasteiger partial charge on any atom is -0.0911 e. The number of hydrogen-bond acceptors (Lipinski definition) is 1. The molecule has 232 valence electrons. The molecular weight excluding hydrogens is 619 g/mol. The Morgan fingerprint density at radius 2 is 0.840 bits per heavy atom. The van der Waals surface area contributed by atoms with Crippen LogP contribution < -0.4 is 16.4 Å². The predicted octanol–water partition coefficient (Wildman–Crippen LogP) is 11.1. The lowest BCUT2D eigenvalue weighted by Gasteiger charge is -2.26. The Bertz CT molecular complexity index is 2770. The van der Waals surface area contributed by atoms with E-state index in [0.717, 1.165) is 22.3 Å². The lowest BCUT2D eigenvalue weighted by Crippen LogP contribution is -2.55. The lowest BCUT2D eigenvalue weighted by atomic mass is 9.36. The van der Waals surface area contributed by atoms with Gasteiger partial charge >= 0.3 is 0 Å². The third-order valence-corrected chi connectivity index (χ3v) is 11.5. The van der Waals surface area contributed by atoms with Gasteiger partial charge in [-0.25, -0.2) is 0 Å². The maximum atomic E-state index is 8.85. The van der Waals surface area contributed by atoms with Crippen LogP contribution in [0.4, 0.5) is 0 Å². The Morgan fingerprint density at radius 1 is 0.340 bits per heavy atom. The molecule has 0 bridgehead atoms. The van der Waals surface area contributed by atoms with E-state index >= 15 is 0 Å². The van der Waals surface area contributed by atoms with Gasteiger partial charge in [0.15, 0.2) is 0 Å². The SMILES string of the molecule is [2H]c1cc(-c2cccc(-c3ccc4c(c3)Sc3ccccc3B4c3ccccc3)c2)cc(-c2ccc3c4ccccc4c4ccccc4c3c2)c1. The molecule has 9 aromatic rings. The second-order valence-corrected chi connectivity index (χ2v) is 14.3. The number of hydrogen-bond donors (Lipinski definition) is 0. The first-order valence-corrected chi connectivity index (χ1v) is 18.0. The monoisotopic (exact) mass is 651 g/mol. The predicted molar refractivity (Wildman–Crippen MR) is 217 cm³/mol. The molecule has 0 radical (unpaired) electrons. The molecule has 1 aliphatic heterocycles. The van der Waals surface area contributed by atoms with Crippen LogP contribution in [-0.4, -0.2) is 6.71 Å². The van der Waals surface area contributed by atoms with Gasteiger partial charge in [0, 0.05) is 9.79 Å². The molecule has 0 N–H and O–H groups in total. The van der Waals surface area contributed by atoms with Crippen LogP contribution in [0.25, 0.3) is 65.7 Å². The van der Waals surface area contributed by atoms with Crippen molar-refractivity contribution in [1.29, 1.82) is 0 Å². The highest BCUT2D eigenvalue weighted by Gasteiger charge is 2.31. The van der Waals surface area contributed by atoms with E-state index in [1.165, 1.54) is 69.6 Å². The summed E-state index contributed by atoms with van der Waals surface area (Å²) in [7, 11) is 0. The first kappa shape index (κ1) is 28.1. The zero-order valence-electron chi connectivity index (χ0n) is 28.3. The summed E-state index contributed by atoms with van der Waals surface area (Å²) in [6.07, 6.45) is 0. The quantitative estimate of drug-likeness (QED) is 0.135. The fraction of sp³-hybridized carbons (Fsp3) is 0. The zero-order chi connectivity index (χ0) is 33.9. The summed E-state index contributed by atoms with van der Waals surface area (Å²) in [4.78, 5) is 2.62. The van der Waals surface area contributed by atoms with Crippen LogP contribution in [0.2, 0.25) is 0 Å². The van der Waals surface area contributed by atoms with Crippen molar-refractivity contribution in [2.75, 3.05) is 0 Å². The highest BCUT2D eigenvalue weighted by Crippen LogP contribution is 2.38. The van der Waals surface area contributed by atoms with Crippen molar-refractivity contribution < 1.29 is 1.37 Å². The largest absolute Gasteiger partial charge is 0.244 e. The van der Waals surface area contributed by atoms with E-state index < -0.39 is 0 Å². The minimum absolute atomic E-state index is 0.212. The Kier molecular flexibility index (Phi) is 6.70. The highest BCUT2D eigenvalue weighted by molar-refractivity contribution is 8.00. The van der Waals surface area contributed by atoms with Crippen molar-refractivity contribution in [2.24, 2.45) is 0 Å². The Labute approximate surface area is 298 Å². The summed E-state index contributed by atoms with van der Waals surface area (Å²) in [5.41, 5.74) is 10.7. The second kappa shape index (κ2) is 11.9. The zero-order valence-corrected chi connectivity index (χ0v) is 28.1. The molecule has 0 aromatic heterocycles. The van der Waals surface area contributed by atoms with Crippen molar-refractivity contribution in [3.63, 3.8) is 0 Å². The maximum absolute atomic E-state index is 8.85. The van der Waals surface area contributed by atoms with Crippen molar-refractivity contribution in [3.8, 4) is 33.4 Å². The van der Waals surface area contributed by atoms with Gasteiger partial charge in [0.25, 0.3) is 0 Å². The average Bonchev–Trinajstić information content (AvgIpc) is 3.20. The van der Waals surface area contributed by atoms with Crippen LogP contribution in [0, 0.1) is 0 Å². The van der Waals surface area contributed by atoms with Gasteiger partial charge in [-0.2, -0.15) is 0 Å². The average molecular weight is 652 g/mol. The molecule has 0 aliphatic carbocycles. The van der Waals surface area contributed by atoms with E-state index in [4.69, 9.17) is 1.37 Å². The summed E-state index contributed by atoms with van der Waals surface area (Å²) in [5, 5.41) is 7.56. The fourth-order valence-corrected chi connectivity index (χ4v) is 9.09. The van der Waals surface area contributed by atoms with E-state index in [0.29, 0.717) is 6.04 Å². The van der Waals surface area contributed by atoms with Crippen LogP contribution >= 0.6 is 11.8 Å². The minimum atomic E-state index is 0.212. The van der Waals surface area contributed by atoms with Gasteiger partial charge < -0.3 is 0 Å². The number of rotatable bonds is 4. The van der Waals surface area contributed by atoms with Crippen LogP contribution in [0.3, 0.4) is 0 Å². The van der Waals surface area contributed by atoms with E-state index in [1.807, 2.05) is 23.9 Å². The molecular formula is C48H31BS. The standard InChI is InChI=1S/C48H31BS/c1-2-16-38(17-3-1)49-45-22-8-9-23-47(45)50-48-31-37(25-27-46(48)49)35-15-11-13-33(29-35)32-12-10-14-34(28-32)36-24-26-43-41-20-5-4-18-39(41)40-19-6-7-21-42(40)44(43)30-36/h1-31H/i10D. The number of benzene rings is 9. The van der Waals surface area contributed by atoms with Gasteiger partial charge in [0.05, 0.1) is 1.37 Å². The van der Waals surface area contributed by atoms with Crippen molar-refractivity contribution in [1.82, 2.24) is 0 Å². The Balaban J connectivity index is 1.04. The molecule has 9 aromatic carbocycles. The third-order valence-electron chi connectivity index (χ3n) is 10.3. The molecule has 1 aliphatic rings. The highest BCUT2D eigenvalue weighted by atomic mass is 32.2. The van der Waals surface area contributed by atoms with E-state index in [9.17, 15) is 0 Å². The molecule has 2 heteroatoms. The molecule has 0 saturated heterocycles. The summed E-state index contributed by atoms with van der Waals surface area (Å²) in [6, 6.07) is 66.3. The van der Waals surface area contributed by atoms with Gasteiger partial charge in [-0.1, -0.05) is 186 Å². The van der Waals surface area contributed by atoms with Crippen LogP contribution in [0.1, 0.15) is 1.37 Å². The number of fused-ring (bicyclic) bond motifs is 8. The second-order valence-electron chi connectivity index (χ2n) is 13.2. The van der Waals surface area contributed by atoms with Gasteiger partial charge in [0.1, 0.15) is 0 Å². The van der Waals surface area contributed by atoms with E-state index in [1.54, 1.807) is 0 Å².